The minimum absolute atomic E-state index is 0.120. The van der Waals surface area contributed by atoms with E-state index in [-0.39, 0.29) is 12.1 Å². The number of ether oxygens (including phenoxy) is 1. The van der Waals surface area contributed by atoms with E-state index in [1.54, 1.807) is 0 Å². The molecular formula is C13H17NO2. The van der Waals surface area contributed by atoms with Crippen LogP contribution in [0.1, 0.15) is 24.8 Å². The first-order chi connectivity index (χ1) is 7.75. The van der Waals surface area contributed by atoms with Crippen LogP contribution in [-0.2, 0) is 16.0 Å². The zero-order chi connectivity index (χ0) is 11.4. The quantitative estimate of drug-likeness (QED) is 0.783. The van der Waals surface area contributed by atoms with Crippen molar-refractivity contribution in [1.82, 2.24) is 0 Å². The third-order valence-electron chi connectivity index (χ3n) is 2.94. The van der Waals surface area contributed by atoms with Crippen LogP contribution in [0.25, 0.3) is 0 Å². The van der Waals surface area contributed by atoms with Gasteiger partial charge in [-0.1, -0.05) is 30.3 Å². The molecule has 1 aromatic carbocycles. The zero-order valence-corrected chi connectivity index (χ0v) is 9.26. The van der Waals surface area contributed by atoms with E-state index < -0.39 is 6.04 Å². The van der Waals surface area contributed by atoms with E-state index in [2.05, 4.69) is 0 Å². The molecule has 2 rings (SSSR count). The van der Waals surface area contributed by atoms with Crippen molar-refractivity contribution in [1.29, 1.82) is 0 Å². The predicted molar refractivity (Wildman–Crippen MR) is 61.9 cm³/mol. The van der Waals surface area contributed by atoms with Gasteiger partial charge in [0.05, 0.1) is 0 Å². The lowest BCUT2D eigenvalue weighted by Gasteiger charge is -2.26. The van der Waals surface area contributed by atoms with Gasteiger partial charge >= 0.3 is 5.97 Å². The molecule has 0 bridgehead atoms. The Morgan fingerprint density at radius 2 is 2.06 bits per heavy atom. The molecule has 0 amide bonds. The van der Waals surface area contributed by atoms with Crippen molar-refractivity contribution in [3.8, 4) is 0 Å². The number of esters is 1. The summed E-state index contributed by atoms with van der Waals surface area (Å²) < 4.78 is 5.26. The van der Waals surface area contributed by atoms with Gasteiger partial charge < -0.3 is 10.5 Å². The van der Waals surface area contributed by atoms with Crippen LogP contribution in [0, 0.1) is 0 Å². The lowest BCUT2D eigenvalue weighted by atomic mass is 9.96. The molecule has 0 heterocycles. The fraction of sp³-hybridized carbons (Fsp3) is 0.462. The summed E-state index contributed by atoms with van der Waals surface area (Å²) in [5.41, 5.74) is 6.87. The van der Waals surface area contributed by atoms with Gasteiger partial charge in [-0.2, -0.15) is 0 Å². The molecule has 1 aliphatic carbocycles. The number of hydrogen-bond donors (Lipinski definition) is 1. The van der Waals surface area contributed by atoms with Gasteiger partial charge in [0.2, 0.25) is 0 Å². The summed E-state index contributed by atoms with van der Waals surface area (Å²) >= 11 is 0. The third kappa shape index (κ3) is 2.83. The van der Waals surface area contributed by atoms with Crippen molar-refractivity contribution in [2.45, 2.75) is 37.8 Å². The van der Waals surface area contributed by atoms with Gasteiger partial charge in [-0.05, 0) is 31.2 Å². The monoisotopic (exact) mass is 219 g/mol. The summed E-state index contributed by atoms with van der Waals surface area (Å²) in [5.74, 6) is -0.270. The molecule has 1 atom stereocenters. The van der Waals surface area contributed by atoms with Crippen LogP contribution in [0.3, 0.4) is 0 Å². The smallest absolute Gasteiger partial charge is 0.323 e. The molecule has 0 aliphatic heterocycles. The maximum absolute atomic E-state index is 11.6. The molecule has 1 aliphatic rings. The Morgan fingerprint density at radius 1 is 1.38 bits per heavy atom. The molecule has 1 saturated carbocycles. The topological polar surface area (TPSA) is 52.3 Å². The van der Waals surface area contributed by atoms with Crippen molar-refractivity contribution in [3.05, 3.63) is 35.9 Å². The van der Waals surface area contributed by atoms with E-state index in [0.717, 1.165) is 24.8 Å². The highest BCUT2D eigenvalue weighted by Crippen LogP contribution is 2.22. The molecule has 0 unspecified atom stereocenters. The molecule has 1 fully saturated rings. The summed E-state index contributed by atoms with van der Waals surface area (Å²) in [7, 11) is 0. The largest absolute Gasteiger partial charge is 0.461 e. The van der Waals surface area contributed by atoms with E-state index in [1.807, 2.05) is 30.3 Å². The van der Waals surface area contributed by atoms with Gasteiger partial charge in [-0.15, -0.1) is 0 Å². The Morgan fingerprint density at radius 3 is 2.62 bits per heavy atom. The van der Waals surface area contributed by atoms with Crippen LogP contribution in [0.2, 0.25) is 0 Å². The maximum atomic E-state index is 11.6. The Balaban J connectivity index is 1.82. The van der Waals surface area contributed by atoms with Crippen LogP contribution in [0.4, 0.5) is 0 Å². The van der Waals surface area contributed by atoms with Crippen molar-refractivity contribution in [2.75, 3.05) is 0 Å². The van der Waals surface area contributed by atoms with E-state index in [9.17, 15) is 4.79 Å². The van der Waals surface area contributed by atoms with Gasteiger partial charge in [0.1, 0.15) is 12.1 Å². The normalized spacial score (nSPS) is 17.6. The van der Waals surface area contributed by atoms with Gasteiger partial charge in [0.25, 0.3) is 0 Å². The summed E-state index contributed by atoms with van der Waals surface area (Å²) in [5, 5.41) is 0. The number of hydrogen-bond acceptors (Lipinski definition) is 3. The van der Waals surface area contributed by atoms with Crippen LogP contribution in [0.5, 0.6) is 0 Å². The maximum Gasteiger partial charge on any atom is 0.323 e. The van der Waals surface area contributed by atoms with Crippen molar-refractivity contribution in [3.63, 3.8) is 0 Å². The fourth-order valence-electron chi connectivity index (χ4n) is 1.69. The Bertz CT molecular complexity index is 346. The first kappa shape index (κ1) is 11.1. The third-order valence-corrected chi connectivity index (χ3v) is 2.94. The Kier molecular flexibility index (Phi) is 3.57. The minimum Gasteiger partial charge on any atom is -0.461 e. The summed E-state index contributed by atoms with van der Waals surface area (Å²) in [6.07, 6.45) is 3.81. The second kappa shape index (κ2) is 5.12. The number of carbonyl (C=O) groups excluding carboxylic acids is 1. The second-order valence-corrected chi connectivity index (χ2v) is 4.29. The van der Waals surface area contributed by atoms with E-state index in [4.69, 9.17) is 10.5 Å². The number of rotatable bonds is 4. The van der Waals surface area contributed by atoms with Crippen molar-refractivity contribution in [2.24, 2.45) is 5.73 Å². The van der Waals surface area contributed by atoms with E-state index >= 15 is 0 Å². The number of benzene rings is 1. The molecule has 3 heteroatoms. The summed E-state index contributed by atoms with van der Waals surface area (Å²) in [6, 6.07) is 9.23. The van der Waals surface area contributed by atoms with Crippen molar-refractivity contribution >= 4 is 5.97 Å². The van der Waals surface area contributed by atoms with E-state index in [0.29, 0.717) is 6.42 Å². The van der Waals surface area contributed by atoms with Crippen LogP contribution >= 0.6 is 0 Å². The Labute approximate surface area is 95.6 Å². The highest BCUT2D eigenvalue weighted by atomic mass is 16.5. The van der Waals surface area contributed by atoms with Crippen LogP contribution in [0.15, 0.2) is 30.3 Å². The van der Waals surface area contributed by atoms with Crippen LogP contribution in [-0.4, -0.2) is 18.1 Å². The standard InChI is InChI=1S/C13H17NO2/c14-12(9-10-5-2-1-3-6-10)13(15)16-11-7-4-8-11/h1-3,5-6,11-12H,4,7-9,14H2/t12-/m1/s1. The molecule has 3 nitrogen and oxygen atoms in total. The average Bonchev–Trinajstić information content (AvgIpc) is 2.24. The highest BCUT2D eigenvalue weighted by molar-refractivity contribution is 5.76. The average molecular weight is 219 g/mol. The molecule has 1 aromatic rings. The van der Waals surface area contributed by atoms with Crippen LogP contribution < -0.4 is 5.73 Å². The lowest BCUT2D eigenvalue weighted by molar-refractivity contribution is -0.154. The molecule has 2 N–H and O–H groups in total. The summed E-state index contributed by atoms with van der Waals surface area (Å²) in [6.45, 7) is 0. The van der Waals surface area contributed by atoms with Gasteiger partial charge in [0.15, 0.2) is 0 Å². The number of carbonyl (C=O) groups is 1. The SMILES string of the molecule is N[C@H](Cc1ccccc1)C(=O)OC1CCC1. The molecular weight excluding hydrogens is 202 g/mol. The zero-order valence-electron chi connectivity index (χ0n) is 9.26. The van der Waals surface area contributed by atoms with Gasteiger partial charge in [-0.25, -0.2) is 0 Å². The molecule has 16 heavy (non-hydrogen) atoms. The molecule has 0 spiro atoms. The van der Waals surface area contributed by atoms with Gasteiger partial charge in [0, 0.05) is 0 Å². The highest BCUT2D eigenvalue weighted by Gasteiger charge is 2.24. The molecule has 0 radical (unpaired) electrons. The fourth-order valence-corrected chi connectivity index (χ4v) is 1.69. The Hall–Kier alpha value is -1.35. The summed E-state index contributed by atoms with van der Waals surface area (Å²) in [4.78, 5) is 11.6. The van der Waals surface area contributed by atoms with Crippen molar-refractivity contribution < 1.29 is 9.53 Å². The number of nitrogens with two attached hydrogens (primary N) is 1. The van der Waals surface area contributed by atoms with E-state index in [1.165, 1.54) is 0 Å². The molecule has 0 saturated heterocycles. The van der Waals surface area contributed by atoms with Gasteiger partial charge in [-0.3, -0.25) is 4.79 Å². The lowest BCUT2D eigenvalue weighted by Crippen LogP contribution is -2.38. The first-order valence-electron chi connectivity index (χ1n) is 5.75. The molecule has 0 aromatic heterocycles. The minimum atomic E-state index is -0.539. The molecule has 86 valence electrons. The second-order valence-electron chi connectivity index (χ2n) is 4.29. The first-order valence-corrected chi connectivity index (χ1v) is 5.75. The predicted octanol–water partition coefficient (Wildman–Crippen LogP) is 1.65.